The summed E-state index contributed by atoms with van der Waals surface area (Å²) in [6.07, 6.45) is 4.37. The van der Waals surface area contributed by atoms with Crippen molar-refractivity contribution in [3.8, 4) is 0 Å². The van der Waals surface area contributed by atoms with Gasteiger partial charge in [0.15, 0.2) is 10.9 Å². The molecule has 1 aliphatic rings. The smallest absolute Gasteiger partial charge is 0.287 e. The molecule has 7 nitrogen and oxygen atoms in total. The van der Waals surface area contributed by atoms with E-state index in [9.17, 15) is 4.79 Å². The predicted molar refractivity (Wildman–Crippen MR) is 119 cm³/mol. The van der Waals surface area contributed by atoms with E-state index in [0.29, 0.717) is 23.2 Å². The van der Waals surface area contributed by atoms with Gasteiger partial charge in [0.05, 0.1) is 0 Å². The minimum Gasteiger partial charge on any atom is -0.451 e. The number of carbonyl (C=O) groups excluding carboxylic acids is 1. The fourth-order valence-corrected chi connectivity index (χ4v) is 4.41. The summed E-state index contributed by atoms with van der Waals surface area (Å²) in [6.45, 7) is 6.04. The molecule has 0 spiro atoms. The van der Waals surface area contributed by atoms with E-state index in [1.807, 2.05) is 24.3 Å². The first-order valence-electron chi connectivity index (χ1n) is 10.3. The second-order valence-electron chi connectivity index (χ2n) is 7.48. The third-order valence-corrected chi connectivity index (χ3v) is 6.23. The molecule has 1 aromatic carbocycles. The normalized spacial score (nSPS) is 15.5. The first kappa shape index (κ1) is 20.8. The Labute approximate surface area is 180 Å². The van der Waals surface area contributed by atoms with E-state index in [0.717, 1.165) is 55.7 Å². The van der Waals surface area contributed by atoms with Crippen LogP contribution in [0, 0.1) is 0 Å². The average molecular weight is 426 g/mol. The van der Waals surface area contributed by atoms with Gasteiger partial charge in [-0.25, -0.2) is 9.97 Å². The van der Waals surface area contributed by atoms with E-state index < -0.39 is 0 Å². The summed E-state index contributed by atoms with van der Waals surface area (Å²) in [6, 6.07) is 9.55. The lowest BCUT2D eigenvalue weighted by molar-refractivity contribution is 0.0923. The maximum Gasteiger partial charge on any atom is 0.287 e. The Morgan fingerprint density at radius 1 is 1.13 bits per heavy atom. The summed E-state index contributed by atoms with van der Waals surface area (Å²) in [5.74, 6) is 0.804. The van der Waals surface area contributed by atoms with Crippen LogP contribution in [0.1, 0.15) is 22.5 Å². The van der Waals surface area contributed by atoms with E-state index in [-0.39, 0.29) is 5.91 Å². The third-order valence-electron chi connectivity index (χ3n) is 5.32. The molecule has 1 aliphatic heterocycles. The molecule has 0 unspecified atom stereocenters. The van der Waals surface area contributed by atoms with Gasteiger partial charge >= 0.3 is 0 Å². The molecular weight excluding hydrogens is 398 g/mol. The highest BCUT2D eigenvalue weighted by Gasteiger charge is 2.21. The minimum atomic E-state index is -0.158. The van der Waals surface area contributed by atoms with Gasteiger partial charge in [-0.05, 0) is 32.1 Å². The van der Waals surface area contributed by atoms with Crippen LogP contribution in [0.4, 0.5) is 0 Å². The summed E-state index contributed by atoms with van der Waals surface area (Å²) < 4.78 is 5.93. The lowest BCUT2D eigenvalue weighted by Crippen LogP contribution is -2.45. The minimum absolute atomic E-state index is 0.158. The Balaban J connectivity index is 1.37. The van der Waals surface area contributed by atoms with Gasteiger partial charge in [-0.3, -0.25) is 4.79 Å². The maximum absolute atomic E-state index is 12.9. The number of hydrogen-bond donors (Lipinski definition) is 1. The van der Waals surface area contributed by atoms with Gasteiger partial charge in [0.2, 0.25) is 0 Å². The van der Waals surface area contributed by atoms with E-state index in [2.05, 4.69) is 32.1 Å². The number of aromatic nitrogens is 2. The summed E-state index contributed by atoms with van der Waals surface area (Å²) in [7, 11) is 2.16. The maximum atomic E-state index is 12.9. The highest BCUT2D eigenvalue weighted by Crippen LogP contribution is 2.30. The monoisotopic (exact) mass is 425 g/mol. The second kappa shape index (κ2) is 10.1. The molecule has 4 rings (SSSR count). The Morgan fingerprint density at radius 2 is 1.90 bits per heavy atom. The molecule has 1 fully saturated rings. The summed E-state index contributed by atoms with van der Waals surface area (Å²) >= 11 is 1.50. The molecule has 0 aliphatic carbocycles. The zero-order chi connectivity index (χ0) is 20.8. The van der Waals surface area contributed by atoms with Crippen molar-refractivity contribution < 1.29 is 9.21 Å². The van der Waals surface area contributed by atoms with Crippen molar-refractivity contribution >= 4 is 28.6 Å². The van der Waals surface area contributed by atoms with Crippen LogP contribution < -0.4 is 5.32 Å². The molecule has 30 heavy (non-hydrogen) atoms. The molecule has 1 saturated heterocycles. The fourth-order valence-electron chi connectivity index (χ4n) is 3.58. The van der Waals surface area contributed by atoms with Crippen molar-refractivity contribution in [3.63, 3.8) is 0 Å². The van der Waals surface area contributed by atoms with E-state index in [4.69, 9.17) is 4.42 Å². The molecular formula is C22H27N5O2S. The van der Waals surface area contributed by atoms with Crippen LogP contribution in [-0.4, -0.2) is 72.0 Å². The van der Waals surface area contributed by atoms with Crippen LogP contribution in [0.25, 0.3) is 11.0 Å². The number of carbonyl (C=O) groups is 1. The average Bonchev–Trinajstić information content (AvgIpc) is 3.16. The Bertz CT molecular complexity index is 970. The molecule has 2 aromatic heterocycles. The van der Waals surface area contributed by atoms with Crippen LogP contribution in [0.3, 0.4) is 0 Å². The lowest BCUT2D eigenvalue weighted by atomic mass is 10.1. The van der Waals surface area contributed by atoms with Crippen molar-refractivity contribution in [2.75, 3.05) is 46.3 Å². The number of likely N-dealkylation sites (N-methyl/N-ethyl adjacent to an activating group) is 1. The molecule has 0 radical (unpaired) electrons. The van der Waals surface area contributed by atoms with Gasteiger partial charge < -0.3 is 19.5 Å². The van der Waals surface area contributed by atoms with Gasteiger partial charge in [-0.2, -0.15) is 0 Å². The van der Waals surface area contributed by atoms with Gasteiger partial charge in [0.1, 0.15) is 5.58 Å². The largest absolute Gasteiger partial charge is 0.451 e. The molecule has 1 amide bonds. The van der Waals surface area contributed by atoms with Crippen LogP contribution in [-0.2, 0) is 5.75 Å². The van der Waals surface area contributed by atoms with Gasteiger partial charge in [-0.15, -0.1) is 0 Å². The van der Waals surface area contributed by atoms with Gasteiger partial charge in [0, 0.05) is 61.8 Å². The number of amides is 1. The molecule has 8 heteroatoms. The second-order valence-corrected chi connectivity index (χ2v) is 8.42. The Kier molecular flexibility index (Phi) is 6.99. The summed E-state index contributed by atoms with van der Waals surface area (Å²) in [4.78, 5) is 26.2. The van der Waals surface area contributed by atoms with E-state index in [1.54, 1.807) is 18.5 Å². The molecule has 0 bridgehead atoms. The molecule has 0 saturated carbocycles. The Hall–Kier alpha value is -2.42. The molecule has 3 aromatic rings. The van der Waals surface area contributed by atoms with E-state index >= 15 is 0 Å². The van der Waals surface area contributed by atoms with E-state index in [1.165, 1.54) is 11.8 Å². The molecule has 0 atom stereocenters. The molecule has 1 N–H and O–H groups in total. The Morgan fingerprint density at radius 3 is 2.70 bits per heavy atom. The zero-order valence-electron chi connectivity index (χ0n) is 17.2. The number of rotatable bonds is 8. The fraction of sp³-hybridized carbons (Fsp3) is 0.409. The van der Waals surface area contributed by atoms with Crippen molar-refractivity contribution in [1.82, 2.24) is 25.1 Å². The number of piperazine rings is 1. The topological polar surface area (TPSA) is 74.5 Å². The van der Waals surface area contributed by atoms with Crippen molar-refractivity contribution in [1.29, 1.82) is 0 Å². The van der Waals surface area contributed by atoms with Crippen LogP contribution in [0.2, 0.25) is 0 Å². The first-order valence-corrected chi connectivity index (χ1v) is 11.3. The van der Waals surface area contributed by atoms with Crippen molar-refractivity contribution in [3.05, 3.63) is 54.0 Å². The lowest BCUT2D eigenvalue weighted by Gasteiger charge is -2.32. The number of furan rings is 1. The number of benzene rings is 1. The predicted octanol–water partition coefficient (Wildman–Crippen LogP) is 2.88. The quantitative estimate of drug-likeness (QED) is 0.338. The number of hydrogen-bond acceptors (Lipinski definition) is 7. The zero-order valence-corrected chi connectivity index (χ0v) is 18.0. The van der Waals surface area contributed by atoms with Crippen LogP contribution in [0.15, 0.2) is 52.3 Å². The van der Waals surface area contributed by atoms with Crippen molar-refractivity contribution in [2.45, 2.75) is 17.3 Å². The third kappa shape index (κ3) is 5.19. The molecule has 3 heterocycles. The number of nitrogens with one attached hydrogen (secondary N) is 1. The number of fused-ring (bicyclic) bond motifs is 1. The molecule has 158 valence electrons. The highest BCUT2D eigenvalue weighted by atomic mass is 32.2. The number of para-hydroxylation sites is 1. The van der Waals surface area contributed by atoms with Crippen molar-refractivity contribution in [2.24, 2.45) is 0 Å². The summed E-state index contributed by atoms with van der Waals surface area (Å²) in [5.41, 5.74) is 1.62. The SMILES string of the molecule is CN1CCN(CCCNC(=O)c2oc3ccccc3c2CSc2ncccn2)CC1. The first-order chi connectivity index (χ1) is 14.7. The van der Waals surface area contributed by atoms with Crippen LogP contribution >= 0.6 is 11.8 Å². The van der Waals surface area contributed by atoms with Gasteiger partial charge in [-0.1, -0.05) is 30.0 Å². The standard InChI is InChI=1S/C22H27N5O2S/c1-26-12-14-27(15-13-26)11-5-10-23-21(28)20-18(16-30-22-24-8-4-9-25-22)17-6-2-3-7-19(17)29-20/h2-4,6-9H,5,10-16H2,1H3,(H,23,28). The number of nitrogens with zero attached hydrogens (tertiary/aromatic N) is 4. The van der Waals surface area contributed by atoms with Gasteiger partial charge in [0.25, 0.3) is 5.91 Å². The summed E-state index contributed by atoms with van der Waals surface area (Å²) in [5, 5.41) is 4.68. The van der Waals surface area contributed by atoms with Crippen LogP contribution in [0.5, 0.6) is 0 Å². The highest BCUT2D eigenvalue weighted by molar-refractivity contribution is 7.98. The number of thioether (sulfide) groups is 1.